The molecular formula is C17H18F3N5O2. The van der Waals surface area contributed by atoms with E-state index < -0.39 is 30.0 Å². The number of pyridine rings is 1. The molecule has 0 saturated carbocycles. The number of rotatable bonds is 4. The van der Waals surface area contributed by atoms with E-state index in [0.29, 0.717) is 0 Å². The smallest absolute Gasteiger partial charge is 0.373 e. The van der Waals surface area contributed by atoms with Gasteiger partial charge in [-0.3, -0.25) is 9.78 Å². The van der Waals surface area contributed by atoms with Crippen LogP contribution in [0, 0.1) is 0 Å². The molecule has 3 heterocycles. The highest BCUT2D eigenvalue weighted by Gasteiger charge is 2.40. The van der Waals surface area contributed by atoms with E-state index in [1.165, 1.54) is 17.2 Å². The molecule has 2 atom stereocenters. The van der Waals surface area contributed by atoms with Gasteiger partial charge < -0.3 is 15.3 Å². The Morgan fingerprint density at radius 1 is 1.30 bits per heavy atom. The van der Waals surface area contributed by atoms with Crippen LogP contribution < -0.4 is 5.32 Å². The molecule has 1 fully saturated rings. The summed E-state index contributed by atoms with van der Waals surface area (Å²) >= 11 is 0. The van der Waals surface area contributed by atoms with Crippen LogP contribution in [0.4, 0.5) is 19.0 Å². The van der Waals surface area contributed by atoms with Crippen molar-refractivity contribution in [2.75, 3.05) is 5.32 Å². The van der Waals surface area contributed by atoms with E-state index in [4.69, 9.17) is 0 Å². The number of nitrogens with one attached hydrogen (secondary N) is 1. The lowest BCUT2D eigenvalue weighted by Crippen LogP contribution is -2.41. The highest BCUT2D eigenvalue weighted by Crippen LogP contribution is 2.31. The van der Waals surface area contributed by atoms with Crippen molar-refractivity contribution in [3.63, 3.8) is 0 Å². The second kappa shape index (κ2) is 7.10. The minimum Gasteiger partial charge on any atom is -0.373 e. The number of aliphatic hydroxyl groups excluding tert-OH is 1. The Balaban J connectivity index is 1.95. The summed E-state index contributed by atoms with van der Waals surface area (Å²) in [5, 5.41) is 12.7. The fourth-order valence-corrected chi connectivity index (χ4v) is 2.93. The zero-order valence-electron chi connectivity index (χ0n) is 14.6. The van der Waals surface area contributed by atoms with Crippen molar-refractivity contribution in [2.45, 2.75) is 44.8 Å². The van der Waals surface area contributed by atoms with Gasteiger partial charge in [0.1, 0.15) is 23.8 Å². The van der Waals surface area contributed by atoms with E-state index in [-0.39, 0.29) is 29.8 Å². The normalized spacial score (nSPS) is 20.4. The minimum absolute atomic E-state index is 0.0429. The quantitative estimate of drug-likeness (QED) is 0.845. The summed E-state index contributed by atoms with van der Waals surface area (Å²) in [5.74, 6) is -0.766. The molecule has 10 heteroatoms. The molecule has 0 bridgehead atoms. The summed E-state index contributed by atoms with van der Waals surface area (Å²) in [6.07, 6.45) is -4.23. The molecule has 1 amide bonds. The van der Waals surface area contributed by atoms with E-state index in [1.54, 1.807) is 26.0 Å². The summed E-state index contributed by atoms with van der Waals surface area (Å²) in [4.78, 5) is 25.3. The van der Waals surface area contributed by atoms with Crippen molar-refractivity contribution in [3.8, 4) is 11.5 Å². The van der Waals surface area contributed by atoms with Crippen molar-refractivity contribution >= 4 is 11.7 Å². The van der Waals surface area contributed by atoms with Gasteiger partial charge in [0, 0.05) is 24.7 Å². The maximum Gasteiger partial charge on any atom is 0.433 e. The molecule has 3 rings (SSSR count). The van der Waals surface area contributed by atoms with Crippen molar-refractivity contribution in [1.82, 2.24) is 19.9 Å². The summed E-state index contributed by atoms with van der Waals surface area (Å²) in [7, 11) is 0. The fraction of sp³-hybridized carbons (Fsp3) is 0.412. The van der Waals surface area contributed by atoms with Gasteiger partial charge in [0.25, 0.3) is 0 Å². The summed E-state index contributed by atoms with van der Waals surface area (Å²) in [6, 6.07) is 4.34. The third kappa shape index (κ3) is 4.00. The third-order valence-electron chi connectivity index (χ3n) is 4.11. The number of carbonyl (C=O) groups excluding carboxylic acids is 1. The van der Waals surface area contributed by atoms with Crippen molar-refractivity contribution in [3.05, 3.63) is 36.2 Å². The number of alkyl halides is 3. The third-order valence-corrected chi connectivity index (χ3v) is 4.11. The maximum atomic E-state index is 13.2. The molecule has 0 radical (unpaired) electrons. The number of hydrogen-bond acceptors (Lipinski definition) is 6. The lowest BCUT2D eigenvalue weighted by molar-refractivity contribution is -0.141. The average Bonchev–Trinajstić information content (AvgIpc) is 2.88. The second-order valence-electron chi connectivity index (χ2n) is 6.43. The molecule has 2 N–H and O–H groups in total. The fourth-order valence-electron chi connectivity index (χ4n) is 2.93. The number of carbonyl (C=O) groups is 1. The minimum atomic E-state index is -4.69. The largest absolute Gasteiger partial charge is 0.433 e. The van der Waals surface area contributed by atoms with Gasteiger partial charge in [-0.25, -0.2) is 9.97 Å². The van der Waals surface area contributed by atoms with Gasteiger partial charge in [-0.05, 0) is 26.0 Å². The molecule has 27 heavy (non-hydrogen) atoms. The number of hydrogen-bond donors (Lipinski definition) is 2. The molecule has 1 aliphatic heterocycles. The second-order valence-corrected chi connectivity index (χ2v) is 6.43. The number of halogens is 3. The Labute approximate surface area is 153 Å². The van der Waals surface area contributed by atoms with Crippen molar-refractivity contribution in [1.29, 1.82) is 0 Å². The number of nitrogens with zero attached hydrogens (tertiary/aromatic N) is 4. The topological polar surface area (TPSA) is 91.2 Å². The van der Waals surface area contributed by atoms with Crippen LogP contribution in [-0.2, 0) is 11.0 Å². The Bertz CT molecular complexity index is 829. The average molecular weight is 381 g/mol. The summed E-state index contributed by atoms with van der Waals surface area (Å²) < 4.78 is 39.7. The predicted octanol–water partition coefficient (Wildman–Crippen LogP) is 2.30. The lowest BCUT2D eigenvalue weighted by atomic mass is 10.2. The first-order chi connectivity index (χ1) is 12.7. The molecule has 0 aromatic carbocycles. The molecule has 0 aliphatic carbocycles. The number of anilines is 1. The van der Waals surface area contributed by atoms with E-state index in [0.717, 1.165) is 6.07 Å². The zero-order valence-corrected chi connectivity index (χ0v) is 14.6. The van der Waals surface area contributed by atoms with E-state index in [1.807, 2.05) is 0 Å². The van der Waals surface area contributed by atoms with Gasteiger partial charge in [0.05, 0.1) is 0 Å². The van der Waals surface area contributed by atoms with Gasteiger partial charge in [0.2, 0.25) is 5.91 Å². The summed E-state index contributed by atoms with van der Waals surface area (Å²) in [6.45, 7) is 3.49. The van der Waals surface area contributed by atoms with Gasteiger partial charge in [0.15, 0.2) is 11.5 Å². The first-order valence-corrected chi connectivity index (χ1v) is 8.31. The molecule has 7 nitrogen and oxygen atoms in total. The number of likely N-dealkylation sites (tertiary alicyclic amines) is 1. The van der Waals surface area contributed by atoms with Gasteiger partial charge in [-0.15, -0.1) is 0 Å². The standard InChI is InChI=1S/C17H18F3N5O2/c1-9(2)25-14(26)7-11(16(25)27)22-13-8-12(17(18,19)20)23-15(24-13)10-5-3-4-6-21-10/h3-6,8-9,11,14,26H,7H2,1-2H3,(H,22,23,24). The van der Waals surface area contributed by atoms with Crippen molar-refractivity contribution in [2.24, 2.45) is 0 Å². The van der Waals surface area contributed by atoms with Crippen LogP contribution in [0.2, 0.25) is 0 Å². The Hall–Kier alpha value is -2.75. The molecule has 0 spiro atoms. The maximum absolute atomic E-state index is 13.2. The van der Waals surface area contributed by atoms with E-state index in [2.05, 4.69) is 20.3 Å². The van der Waals surface area contributed by atoms with Crippen LogP contribution in [0.25, 0.3) is 11.5 Å². The zero-order chi connectivity index (χ0) is 19.8. The van der Waals surface area contributed by atoms with E-state index in [9.17, 15) is 23.1 Å². The van der Waals surface area contributed by atoms with Crippen LogP contribution in [0.1, 0.15) is 26.0 Å². The lowest BCUT2D eigenvalue weighted by Gasteiger charge is -2.24. The van der Waals surface area contributed by atoms with Crippen LogP contribution in [0.15, 0.2) is 30.5 Å². The number of amides is 1. The molecule has 144 valence electrons. The Morgan fingerprint density at radius 3 is 2.59 bits per heavy atom. The van der Waals surface area contributed by atoms with Crippen molar-refractivity contribution < 1.29 is 23.1 Å². The predicted molar refractivity (Wildman–Crippen MR) is 90.3 cm³/mol. The molecule has 2 unspecified atom stereocenters. The van der Waals surface area contributed by atoms with Gasteiger partial charge in [-0.1, -0.05) is 6.07 Å². The molecule has 2 aromatic rings. The van der Waals surface area contributed by atoms with Crippen LogP contribution in [0.5, 0.6) is 0 Å². The van der Waals surface area contributed by atoms with E-state index >= 15 is 0 Å². The van der Waals surface area contributed by atoms with Gasteiger partial charge >= 0.3 is 6.18 Å². The molecule has 1 saturated heterocycles. The van der Waals surface area contributed by atoms with Gasteiger partial charge in [-0.2, -0.15) is 13.2 Å². The number of aromatic nitrogens is 3. The molecule has 1 aliphatic rings. The van der Waals surface area contributed by atoms with Crippen LogP contribution in [-0.4, -0.2) is 49.2 Å². The first kappa shape index (κ1) is 19.0. The Kier molecular flexibility index (Phi) is 5.01. The monoisotopic (exact) mass is 381 g/mol. The summed E-state index contributed by atoms with van der Waals surface area (Å²) in [5.41, 5.74) is -0.972. The van der Waals surface area contributed by atoms with Crippen LogP contribution >= 0.6 is 0 Å². The molecule has 2 aromatic heterocycles. The SMILES string of the molecule is CC(C)N1C(=O)C(Nc2cc(C(F)(F)F)nc(-c3ccccn3)n2)CC1O. The highest BCUT2D eigenvalue weighted by molar-refractivity contribution is 5.87. The molecular weight excluding hydrogens is 363 g/mol. The number of aliphatic hydroxyl groups is 1. The Morgan fingerprint density at radius 2 is 2.04 bits per heavy atom. The first-order valence-electron chi connectivity index (χ1n) is 8.31. The van der Waals surface area contributed by atoms with Crippen LogP contribution in [0.3, 0.4) is 0 Å². The highest BCUT2D eigenvalue weighted by atomic mass is 19.4.